The Kier molecular flexibility index (Phi) is 39.5. The van der Waals surface area contributed by atoms with Gasteiger partial charge in [-0.2, -0.15) is 0 Å². The van der Waals surface area contributed by atoms with Crippen LogP contribution >= 0.6 is 0 Å². The van der Waals surface area contributed by atoms with Gasteiger partial charge in [0.2, 0.25) is 0 Å². The molecule has 0 fully saturated rings. The molecule has 0 aliphatic heterocycles. The third-order valence-electron chi connectivity index (χ3n) is 16.1. The minimum atomic E-state index is -1.59. The average Bonchev–Trinajstić information content (AvgIpc) is 3.30. The highest BCUT2D eigenvalue weighted by atomic mass is 16.9. The van der Waals surface area contributed by atoms with Gasteiger partial charge in [0, 0.05) is 23.7 Å². The zero-order chi connectivity index (χ0) is 52.8. The van der Waals surface area contributed by atoms with Gasteiger partial charge in [-0.15, -0.1) is 26.3 Å². The minimum Gasteiger partial charge on any atom is -0.363 e. The second kappa shape index (κ2) is 40.2. The van der Waals surface area contributed by atoms with E-state index in [2.05, 4.69) is 141 Å². The summed E-state index contributed by atoms with van der Waals surface area (Å²) in [5.74, 6) is -1.22. The van der Waals surface area contributed by atoms with Crippen molar-refractivity contribution in [2.75, 3.05) is 0 Å². The lowest BCUT2D eigenvalue weighted by atomic mass is 9.84. The van der Waals surface area contributed by atoms with Crippen LogP contribution in [0.25, 0.3) is 0 Å². The Morgan fingerprint density at radius 3 is 0.714 bits per heavy atom. The van der Waals surface area contributed by atoms with Crippen LogP contribution in [-0.2, 0) is 18.9 Å². The van der Waals surface area contributed by atoms with Gasteiger partial charge in [0.05, 0.1) is 22.4 Å². The van der Waals surface area contributed by atoms with Gasteiger partial charge in [0.15, 0.2) is 0 Å². The second-order valence-corrected chi connectivity index (χ2v) is 24.1. The van der Waals surface area contributed by atoms with E-state index in [9.17, 15) is 0 Å². The lowest BCUT2D eigenvalue weighted by Gasteiger charge is -2.54. The van der Waals surface area contributed by atoms with Crippen molar-refractivity contribution in [2.45, 2.75) is 349 Å². The van der Waals surface area contributed by atoms with Gasteiger partial charge in [-0.3, -0.25) is 0 Å². The third-order valence-corrected chi connectivity index (χ3v) is 16.1. The molecule has 0 radical (unpaired) electrons. The lowest BCUT2D eigenvalue weighted by molar-refractivity contribution is -0.492. The first-order valence-electron chi connectivity index (χ1n) is 30.7. The largest absolute Gasteiger partial charge is 0.363 e. The maximum atomic E-state index is 7.99. The van der Waals surface area contributed by atoms with Crippen LogP contribution in [0.1, 0.15) is 315 Å². The van der Waals surface area contributed by atoms with E-state index in [0.717, 1.165) is 70.6 Å². The summed E-state index contributed by atoms with van der Waals surface area (Å²) < 4.78 is 31.8. The fourth-order valence-corrected chi connectivity index (χ4v) is 11.0. The molecule has 0 saturated carbocycles. The van der Waals surface area contributed by atoms with Crippen molar-refractivity contribution >= 4 is 0 Å². The Balaban J connectivity index is 8.05. The van der Waals surface area contributed by atoms with E-state index in [-0.39, 0.29) is 23.7 Å². The highest BCUT2D eigenvalue weighted by Crippen LogP contribution is 2.47. The van der Waals surface area contributed by atoms with Crippen LogP contribution < -0.4 is 0 Å². The van der Waals surface area contributed by atoms with Crippen LogP contribution in [0.2, 0.25) is 0 Å². The van der Waals surface area contributed by atoms with Crippen molar-refractivity contribution < 1.29 is 18.9 Å². The molecule has 0 heterocycles. The van der Waals surface area contributed by atoms with Gasteiger partial charge >= 0.3 is 5.97 Å². The van der Waals surface area contributed by atoms with Crippen LogP contribution in [0, 0.1) is 23.7 Å². The summed E-state index contributed by atoms with van der Waals surface area (Å²) in [4.78, 5) is 0. The van der Waals surface area contributed by atoms with E-state index in [0.29, 0.717) is 0 Å². The molecule has 0 aromatic carbocycles. The van der Waals surface area contributed by atoms with Crippen molar-refractivity contribution in [3.05, 3.63) is 50.6 Å². The summed E-state index contributed by atoms with van der Waals surface area (Å²) in [5.41, 5.74) is -2.67. The SMILES string of the molecule is C=CC(CCCCCCCC)C(C)(C)OC(CCCCCCCC)C(OC(C)(C)C(C=C)CCCCCCCC)(OC(C)(C)C(C=C)CCCCCCCC)OC(C)(C)C(C=C)CCCCCCCC. The Morgan fingerprint density at radius 1 is 0.286 bits per heavy atom. The molecule has 0 rings (SSSR count). The molecule has 0 aromatic rings. The maximum Gasteiger partial charge on any atom is 0.312 e. The number of hydrogen-bond donors (Lipinski definition) is 0. The first-order valence-corrected chi connectivity index (χ1v) is 30.7. The predicted molar refractivity (Wildman–Crippen MR) is 312 cm³/mol. The summed E-state index contributed by atoms with van der Waals surface area (Å²) in [6, 6.07) is 0. The Hall–Kier alpha value is -1.20. The molecule has 5 atom stereocenters. The van der Waals surface area contributed by atoms with Gasteiger partial charge in [-0.05, 0) is 87.5 Å². The Bertz CT molecular complexity index is 1160. The molecule has 0 aromatic heterocycles. The highest BCUT2D eigenvalue weighted by molar-refractivity contribution is 5.01. The molecule has 70 heavy (non-hydrogen) atoms. The van der Waals surface area contributed by atoms with Crippen molar-refractivity contribution in [3.8, 4) is 0 Å². The van der Waals surface area contributed by atoms with Gasteiger partial charge in [-0.25, -0.2) is 0 Å². The van der Waals surface area contributed by atoms with E-state index in [1.54, 1.807) is 0 Å². The first kappa shape index (κ1) is 68.8. The zero-order valence-corrected chi connectivity index (χ0v) is 49.9. The van der Waals surface area contributed by atoms with Crippen LogP contribution in [0.15, 0.2) is 50.6 Å². The van der Waals surface area contributed by atoms with Crippen molar-refractivity contribution in [2.24, 2.45) is 23.7 Å². The summed E-state index contributed by atoms with van der Waals surface area (Å²) >= 11 is 0. The second-order valence-electron chi connectivity index (χ2n) is 24.1. The smallest absolute Gasteiger partial charge is 0.312 e. The van der Waals surface area contributed by atoms with Gasteiger partial charge in [-0.1, -0.05) is 252 Å². The van der Waals surface area contributed by atoms with Gasteiger partial charge in [0.25, 0.3) is 0 Å². The number of ether oxygens (including phenoxy) is 4. The third kappa shape index (κ3) is 29.0. The Morgan fingerprint density at radius 2 is 0.486 bits per heavy atom. The van der Waals surface area contributed by atoms with Crippen molar-refractivity contribution in [1.29, 1.82) is 0 Å². The molecule has 4 nitrogen and oxygen atoms in total. The van der Waals surface area contributed by atoms with Crippen LogP contribution in [-0.4, -0.2) is 34.5 Å². The molecular formula is C66H126O4. The summed E-state index contributed by atoms with van der Waals surface area (Å²) in [5, 5.41) is 0. The normalized spacial score (nSPS) is 15.8. The molecule has 5 unspecified atom stereocenters. The molecule has 0 aliphatic carbocycles. The predicted octanol–water partition coefficient (Wildman–Crippen LogP) is 22.2. The van der Waals surface area contributed by atoms with E-state index >= 15 is 0 Å². The summed E-state index contributed by atoms with van der Waals surface area (Å²) in [6.07, 6.45) is 50.0. The van der Waals surface area contributed by atoms with E-state index < -0.39 is 34.5 Å². The van der Waals surface area contributed by atoms with E-state index in [4.69, 9.17) is 18.9 Å². The molecule has 0 saturated heterocycles. The van der Waals surface area contributed by atoms with Crippen LogP contribution in [0.4, 0.5) is 0 Å². The summed E-state index contributed by atoms with van der Waals surface area (Å²) in [7, 11) is 0. The minimum absolute atomic E-state index is 0.0736. The molecule has 0 bridgehead atoms. The number of unbranched alkanes of at least 4 members (excludes halogenated alkanes) is 25. The summed E-state index contributed by atoms with van der Waals surface area (Å²) in [6.45, 7) is 47.5. The zero-order valence-electron chi connectivity index (χ0n) is 49.9. The molecule has 0 amide bonds. The highest BCUT2D eigenvalue weighted by Gasteiger charge is 2.57. The molecule has 414 valence electrons. The van der Waals surface area contributed by atoms with Gasteiger partial charge in [0.1, 0.15) is 6.10 Å². The molecule has 0 spiro atoms. The van der Waals surface area contributed by atoms with E-state index in [1.165, 1.54) is 154 Å². The van der Waals surface area contributed by atoms with Crippen LogP contribution in [0.3, 0.4) is 0 Å². The molecular weight excluding hydrogens is 857 g/mol. The quantitative estimate of drug-likeness (QED) is 0.0346. The maximum absolute atomic E-state index is 7.99. The van der Waals surface area contributed by atoms with Crippen molar-refractivity contribution in [1.82, 2.24) is 0 Å². The fraction of sp³-hybridized carbons (Fsp3) is 0.879. The van der Waals surface area contributed by atoms with Crippen molar-refractivity contribution in [3.63, 3.8) is 0 Å². The van der Waals surface area contributed by atoms with Crippen LogP contribution in [0.5, 0.6) is 0 Å². The Labute approximate surface area is 440 Å². The monoisotopic (exact) mass is 983 g/mol. The number of rotatable bonds is 52. The molecule has 0 aliphatic rings. The first-order chi connectivity index (χ1) is 33.4. The standard InChI is InChI=1S/C66H126O4/c1-18-27-32-37-42-47-52-57(23-6)62(10,11)67-61(56-51-46-41-36-31-22-5)66(68-63(12,13)58(24-7)53-48-43-38-33-28-19-2,69-64(14,15)59(25-8)54-49-44-39-34-29-20-3)70-65(16,17)60(26-9)55-50-45-40-35-30-21-4/h23-26,57-61H,6-9,18-22,27-56H2,1-5,10-17H3. The molecule has 4 heteroatoms. The average molecular weight is 984 g/mol. The lowest BCUT2D eigenvalue weighted by Crippen LogP contribution is -2.64. The fourth-order valence-electron chi connectivity index (χ4n) is 11.0. The topological polar surface area (TPSA) is 36.9 Å². The molecule has 0 N–H and O–H groups in total. The van der Waals surface area contributed by atoms with Gasteiger partial charge < -0.3 is 18.9 Å². The number of hydrogen-bond acceptors (Lipinski definition) is 4. The van der Waals surface area contributed by atoms with E-state index in [1.807, 2.05) is 0 Å².